The van der Waals surface area contributed by atoms with Gasteiger partial charge in [-0.15, -0.1) is 0 Å². The van der Waals surface area contributed by atoms with Crippen LogP contribution in [0.2, 0.25) is 0 Å². The van der Waals surface area contributed by atoms with Crippen molar-refractivity contribution in [2.24, 2.45) is 0 Å². The Morgan fingerprint density at radius 3 is 2.46 bits per heavy atom. The molecule has 0 amide bonds. The molecule has 13 heavy (non-hydrogen) atoms. The van der Waals surface area contributed by atoms with E-state index in [0.717, 1.165) is 13.0 Å². The summed E-state index contributed by atoms with van der Waals surface area (Å²) in [5.41, 5.74) is 0. The zero-order valence-electron chi connectivity index (χ0n) is 7.91. The highest BCUT2D eigenvalue weighted by Gasteiger charge is 1.99. The van der Waals surface area contributed by atoms with Gasteiger partial charge in [-0.25, -0.2) is 8.42 Å². The van der Waals surface area contributed by atoms with Gasteiger partial charge < -0.3 is 5.32 Å². The van der Waals surface area contributed by atoms with E-state index < -0.39 is 9.84 Å². The Labute approximate surface area is 79.9 Å². The van der Waals surface area contributed by atoms with Crippen LogP contribution in [0.15, 0.2) is 0 Å². The number of unbranched alkanes of at least 4 members (excludes halogenated alkanes) is 1. The van der Waals surface area contributed by atoms with Crippen LogP contribution >= 0.6 is 0 Å². The lowest BCUT2D eigenvalue weighted by Gasteiger charge is -2.01. The second-order valence-corrected chi connectivity index (χ2v) is 5.25. The van der Waals surface area contributed by atoms with E-state index in [9.17, 15) is 8.42 Å². The van der Waals surface area contributed by atoms with E-state index in [-0.39, 0.29) is 5.75 Å². The van der Waals surface area contributed by atoms with E-state index in [2.05, 4.69) is 5.32 Å². The van der Waals surface area contributed by atoms with Crippen LogP contribution in [0.4, 0.5) is 0 Å². The zero-order chi connectivity index (χ0) is 10.2. The normalized spacial score (nSPS) is 11.1. The van der Waals surface area contributed by atoms with Crippen molar-refractivity contribution in [2.45, 2.75) is 19.3 Å². The summed E-state index contributed by atoms with van der Waals surface area (Å²) in [6, 6.07) is 2.05. The molecule has 0 aliphatic carbocycles. The molecule has 0 aromatic carbocycles. The quantitative estimate of drug-likeness (QED) is 0.606. The van der Waals surface area contributed by atoms with Crippen molar-refractivity contribution < 1.29 is 8.42 Å². The van der Waals surface area contributed by atoms with Gasteiger partial charge in [0.1, 0.15) is 9.84 Å². The van der Waals surface area contributed by atoms with Gasteiger partial charge in [-0.3, -0.25) is 0 Å². The average Bonchev–Trinajstić information content (AvgIpc) is 2.01. The third kappa shape index (κ3) is 11.4. The molecule has 0 aromatic rings. The van der Waals surface area contributed by atoms with Gasteiger partial charge in [0, 0.05) is 12.7 Å². The van der Waals surface area contributed by atoms with Crippen molar-refractivity contribution in [3.05, 3.63) is 0 Å². The fourth-order valence-electron chi connectivity index (χ4n) is 0.877. The first kappa shape index (κ1) is 12.4. The van der Waals surface area contributed by atoms with Gasteiger partial charge in [-0.05, 0) is 25.9 Å². The summed E-state index contributed by atoms with van der Waals surface area (Å²) in [5.74, 6) is 0.234. The molecule has 76 valence electrons. The molecule has 0 bridgehead atoms. The first-order valence-corrected chi connectivity index (χ1v) is 6.38. The number of sulfone groups is 1. The lowest BCUT2D eigenvalue weighted by Crippen LogP contribution is -2.19. The SMILES string of the molecule is CS(=O)(=O)CCCNCCCC#N. The Morgan fingerprint density at radius 1 is 1.31 bits per heavy atom. The fraction of sp³-hybridized carbons (Fsp3) is 0.875. The highest BCUT2D eigenvalue weighted by Crippen LogP contribution is 1.88. The van der Waals surface area contributed by atoms with Crippen molar-refractivity contribution >= 4 is 9.84 Å². The summed E-state index contributed by atoms with van der Waals surface area (Å²) in [6.45, 7) is 1.50. The summed E-state index contributed by atoms with van der Waals surface area (Å²) in [4.78, 5) is 0. The molecule has 0 atom stereocenters. The number of hydrogen-bond acceptors (Lipinski definition) is 4. The first-order valence-electron chi connectivity index (χ1n) is 4.31. The van der Waals surface area contributed by atoms with E-state index >= 15 is 0 Å². The minimum absolute atomic E-state index is 0.234. The van der Waals surface area contributed by atoms with E-state index in [0.29, 0.717) is 19.4 Å². The maximum Gasteiger partial charge on any atom is 0.147 e. The standard InChI is InChI=1S/C8H16N2O2S/c1-13(11,12)8-4-7-10-6-3-2-5-9/h10H,2-4,6-8H2,1H3. The van der Waals surface area contributed by atoms with Gasteiger partial charge in [0.2, 0.25) is 0 Å². The van der Waals surface area contributed by atoms with Crippen LogP contribution in [0.5, 0.6) is 0 Å². The van der Waals surface area contributed by atoms with Crippen molar-refractivity contribution in [1.82, 2.24) is 5.32 Å². The number of rotatable bonds is 7. The van der Waals surface area contributed by atoms with Gasteiger partial charge in [0.05, 0.1) is 11.8 Å². The molecule has 0 saturated heterocycles. The van der Waals surface area contributed by atoms with E-state index in [1.807, 2.05) is 6.07 Å². The molecule has 0 aromatic heterocycles. The number of nitrogens with zero attached hydrogens (tertiary/aromatic N) is 1. The second-order valence-electron chi connectivity index (χ2n) is 3.00. The van der Waals surface area contributed by atoms with Crippen LogP contribution in [-0.2, 0) is 9.84 Å². The molecule has 4 nitrogen and oxygen atoms in total. The lowest BCUT2D eigenvalue weighted by atomic mass is 10.3. The van der Waals surface area contributed by atoms with Crippen LogP contribution in [0.1, 0.15) is 19.3 Å². The molecule has 1 N–H and O–H groups in total. The molecule has 0 aliphatic heterocycles. The predicted molar refractivity (Wildman–Crippen MR) is 52.0 cm³/mol. The van der Waals surface area contributed by atoms with Crippen molar-refractivity contribution in [3.8, 4) is 6.07 Å². The third-order valence-corrected chi connectivity index (χ3v) is 2.54. The van der Waals surface area contributed by atoms with Crippen molar-refractivity contribution in [3.63, 3.8) is 0 Å². The van der Waals surface area contributed by atoms with E-state index in [1.54, 1.807) is 0 Å². The van der Waals surface area contributed by atoms with Gasteiger partial charge in [0.15, 0.2) is 0 Å². The van der Waals surface area contributed by atoms with Crippen LogP contribution in [0.3, 0.4) is 0 Å². The number of hydrogen-bond donors (Lipinski definition) is 1. The molecular weight excluding hydrogens is 188 g/mol. The van der Waals surface area contributed by atoms with Gasteiger partial charge in [-0.1, -0.05) is 0 Å². The molecule has 0 unspecified atom stereocenters. The molecule has 0 fully saturated rings. The minimum Gasteiger partial charge on any atom is -0.317 e. The van der Waals surface area contributed by atoms with Gasteiger partial charge in [0.25, 0.3) is 0 Å². The molecule has 0 rings (SSSR count). The lowest BCUT2D eigenvalue weighted by molar-refractivity contribution is 0.592. The summed E-state index contributed by atoms with van der Waals surface area (Å²) in [7, 11) is -2.81. The smallest absolute Gasteiger partial charge is 0.147 e. The van der Waals surface area contributed by atoms with Gasteiger partial charge >= 0.3 is 0 Å². The Kier molecular flexibility index (Phi) is 6.55. The molecule has 0 saturated carbocycles. The fourth-order valence-corrected chi connectivity index (χ4v) is 1.55. The zero-order valence-corrected chi connectivity index (χ0v) is 8.73. The minimum atomic E-state index is -2.81. The van der Waals surface area contributed by atoms with Crippen molar-refractivity contribution in [2.75, 3.05) is 25.1 Å². The maximum absolute atomic E-state index is 10.7. The summed E-state index contributed by atoms with van der Waals surface area (Å²) < 4.78 is 21.4. The topological polar surface area (TPSA) is 70.0 Å². The Balaban J connectivity index is 3.14. The third-order valence-electron chi connectivity index (χ3n) is 1.51. The summed E-state index contributed by atoms with van der Waals surface area (Å²) in [5, 5.41) is 11.3. The summed E-state index contributed by atoms with van der Waals surface area (Å²) >= 11 is 0. The van der Waals surface area contributed by atoms with Crippen molar-refractivity contribution in [1.29, 1.82) is 5.26 Å². The average molecular weight is 204 g/mol. The number of nitriles is 1. The highest BCUT2D eigenvalue weighted by molar-refractivity contribution is 7.90. The van der Waals surface area contributed by atoms with Crippen LogP contribution < -0.4 is 5.32 Å². The monoisotopic (exact) mass is 204 g/mol. The maximum atomic E-state index is 10.7. The molecule has 0 spiro atoms. The highest BCUT2D eigenvalue weighted by atomic mass is 32.2. The Hall–Kier alpha value is -0.600. The largest absolute Gasteiger partial charge is 0.317 e. The molecule has 5 heteroatoms. The molecule has 0 radical (unpaired) electrons. The van der Waals surface area contributed by atoms with Gasteiger partial charge in [-0.2, -0.15) is 5.26 Å². The molecule has 0 heterocycles. The first-order chi connectivity index (χ1) is 6.06. The molecular formula is C8H16N2O2S. The summed E-state index contributed by atoms with van der Waals surface area (Å²) in [6.07, 6.45) is 3.27. The van der Waals surface area contributed by atoms with Crippen LogP contribution in [-0.4, -0.2) is 33.5 Å². The van der Waals surface area contributed by atoms with Crippen LogP contribution in [0, 0.1) is 11.3 Å². The van der Waals surface area contributed by atoms with Crippen LogP contribution in [0.25, 0.3) is 0 Å². The predicted octanol–water partition coefficient (Wildman–Crippen LogP) is 0.314. The number of nitrogens with one attached hydrogen (secondary N) is 1. The molecule has 0 aliphatic rings. The van der Waals surface area contributed by atoms with E-state index in [4.69, 9.17) is 5.26 Å². The Morgan fingerprint density at radius 2 is 1.92 bits per heavy atom. The van der Waals surface area contributed by atoms with E-state index in [1.165, 1.54) is 6.26 Å². The Bertz CT molecular complexity index is 254. The second kappa shape index (κ2) is 6.87.